The number of fused-ring (bicyclic) bond motifs is 2. The zero-order valence-corrected chi connectivity index (χ0v) is 13.9. The number of nitrogens with zero attached hydrogens (tertiary/aromatic N) is 1. The molecule has 0 spiro atoms. The second-order valence-electron chi connectivity index (χ2n) is 5.96. The Bertz CT molecular complexity index is 922. The summed E-state index contributed by atoms with van der Waals surface area (Å²) < 4.78 is 1.04. The Morgan fingerprint density at radius 1 is 1.29 bits per heavy atom. The van der Waals surface area contributed by atoms with Crippen LogP contribution in [0, 0.1) is 6.92 Å². The number of aryl methyl sites for hydroxylation is 1. The molecular weight excluding hydrogens is 322 g/mol. The summed E-state index contributed by atoms with van der Waals surface area (Å²) in [6.07, 6.45) is -0.0347. The van der Waals surface area contributed by atoms with Crippen molar-refractivity contribution in [2.24, 2.45) is 0 Å². The summed E-state index contributed by atoms with van der Waals surface area (Å²) in [6, 6.07) is 12.7. The fourth-order valence-corrected chi connectivity index (χ4v) is 4.04. The Morgan fingerprint density at radius 3 is 3.00 bits per heavy atom. The van der Waals surface area contributed by atoms with Crippen molar-refractivity contribution < 1.29 is 9.90 Å². The third-order valence-corrected chi connectivity index (χ3v) is 5.18. The molecule has 0 aliphatic heterocycles. The van der Waals surface area contributed by atoms with Gasteiger partial charge in [0.2, 0.25) is 0 Å². The first-order chi connectivity index (χ1) is 11.6. The van der Waals surface area contributed by atoms with E-state index in [9.17, 15) is 9.90 Å². The Hall–Kier alpha value is -2.44. The number of carbonyl (C=O) groups is 1. The maximum Gasteiger partial charge on any atom is 0.319 e. The second kappa shape index (κ2) is 5.89. The Labute approximate surface area is 143 Å². The standard InChI is InChI=1S/C18H17N3O2S/c1-10-19-14-7-6-12(9-16(14)24-10)20-18(23)21-17-13-5-3-2-4-11(13)8-15(17)22/h2-7,9,15,17,22H,8H2,1H3,(H2,20,21,23)/t15-,17+/m1/s1. The smallest absolute Gasteiger partial charge is 0.319 e. The van der Waals surface area contributed by atoms with Gasteiger partial charge < -0.3 is 15.7 Å². The molecule has 6 heteroatoms. The third-order valence-electron chi connectivity index (χ3n) is 4.24. The van der Waals surface area contributed by atoms with E-state index in [0.717, 1.165) is 26.4 Å². The second-order valence-corrected chi connectivity index (χ2v) is 7.20. The van der Waals surface area contributed by atoms with Crippen molar-refractivity contribution >= 4 is 33.3 Å². The fourth-order valence-electron chi connectivity index (χ4n) is 3.17. The molecule has 1 aliphatic rings. The molecule has 0 saturated heterocycles. The van der Waals surface area contributed by atoms with Crippen molar-refractivity contribution in [3.05, 3.63) is 58.6 Å². The Morgan fingerprint density at radius 2 is 2.12 bits per heavy atom. The zero-order chi connectivity index (χ0) is 16.7. The largest absolute Gasteiger partial charge is 0.390 e. The maximum absolute atomic E-state index is 12.3. The predicted octanol–water partition coefficient (Wildman–Crippen LogP) is 3.38. The van der Waals surface area contributed by atoms with E-state index < -0.39 is 6.10 Å². The van der Waals surface area contributed by atoms with E-state index in [0.29, 0.717) is 12.1 Å². The number of benzene rings is 2. The molecule has 0 saturated carbocycles. The van der Waals surface area contributed by atoms with Crippen LogP contribution in [0.4, 0.5) is 10.5 Å². The van der Waals surface area contributed by atoms with E-state index in [4.69, 9.17) is 0 Å². The molecule has 2 atom stereocenters. The van der Waals surface area contributed by atoms with Crippen molar-refractivity contribution in [3.8, 4) is 0 Å². The van der Waals surface area contributed by atoms with E-state index in [1.807, 2.05) is 49.4 Å². The number of hydrogen-bond acceptors (Lipinski definition) is 4. The highest BCUT2D eigenvalue weighted by Gasteiger charge is 2.31. The number of aliphatic hydroxyl groups is 1. The lowest BCUT2D eigenvalue weighted by molar-refractivity contribution is 0.144. The molecule has 0 fully saturated rings. The molecule has 24 heavy (non-hydrogen) atoms. The maximum atomic E-state index is 12.3. The van der Waals surface area contributed by atoms with Crippen molar-refractivity contribution in [2.75, 3.05) is 5.32 Å². The van der Waals surface area contributed by atoms with Crippen molar-refractivity contribution in [1.82, 2.24) is 10.3 Å². The molecule has 3 N–H and O–H groups in total. The van der Waals surface area contributed by atoms with Crippen LogP contribution in [-0.2, 0) is 6.42 Å². The molecule has 1 heterocycles. The van der Waals surface area contributed by atoms with Crippen LogP contribution in [0.5, 0.6) is 0 Å². The van der Waals surface area contributed by atoms with Crippen LogP contribution in [0.2, 0.25) is 0 Å². The number of hydrogen-bond donors (Lipinski definition) is 3. The SMILES string of the molecule is Cc1nc2ccc(NC(=O)N[C@H]3c4ccccc4C[C@H]3O)cc2s1. The number of aliphatic hydroxyl groups excluding tert-OH is 1. The van der Waals surface area contributed by atoms with E-state index in [2.05, 4.69) is 15.6 Å². The molecule has 3 aromatic rings. The van der Waals surface area contributed by atoms with Gasteiger partial charge in [-0.1, -0.05) is 24.3 Å². The summed E-state index contributed by atoms with van der Waals surface area (Å²) in [6.45, 7) is 1.96. The lowest BCUT2D eigenvalue weighted by atomic mass is 10.1. The van der Waals surface area contributed by atoms with Gasteiger partial charge in [0.1, 0.15) is 0 Å². The van der Waals surface area contributed by atoms with Crippen LogP contribution in [0.25, 0.3) is 10.2 Å². The van der Waals surface area contributed by atoms with E-state index >= 15 is 0 Å². The molecule has 4 rings (SSSR count). The van der Waals surface area contributed by atoms with Crippen LogP contribution in [-0.4, -0.2) is 22.2 Å². The molecular formula is C18H17N3O2S. The molecule has 0 radical (unpaired) electrons. The molecule has 2 amide bonds. The minimum absolute atomic E-state index is 0.323. The number of anilines is 1. The summed E-state index contributed by atoms with van der Waals surface area (Å²) in [5.41, 5.74) is 3.71. The Kier molecular flexibility index (Phi) is 3.70. The van der Waals surface area contributed by atoms with Gasteiger partial charge in [-0.25, -0.2) is 9.78 Å². The fraction of sp³-hybridized carbons (Fsp3) is 0.222. The number of urea groups is 1. The number of carbonyl (C=O) groups excluding carboxylic acids is 1. The van der Waals surface area contributed by atoms with Crippen LogP contribution < -0.4 is 10.6 Å². The van der Waals surface area contributed by atoms with Gasteiger partial charge in [-0.2, -0.15) is 0 Å². The number of nitrogens with one attached hydrogen (secondary N) is 2. The first-order valence-corrected chi connectivity index (χ1v) is 8.62. The van der Waals surface area contributed by atoms with Gasteiger partial charge in [-0.3, -0.25) is 0 Å². The van der Waals surface area contributed by atoms with E-state index in [1.165, 1.54) is 0 Å². The minimum atomic E-state index is -0.597. The van der Waals surface area contributed by atoms with Crippen LogP contribution in [0.1, 0.15) is 22.2 Å². The molecule has 1 aromatic heterocycles. The lowest BCUT2D eigenvalue weighted by Gasteiger charge is -2.18. The molecule has 2 aromatic carbocycles. The molecule has 0 unspecified atom stereocenters. The lowest BCUT2D eigenvalue weighted by Crippen LogP contribution is -2.36. The first-order valence-electron chi connectivity index (χ1n) is 7.81. The summed E-state index contributed by atoms with van der Waals surface area (Å²) in [5.74, 6) is 0. The van der Waals surface area contributed by atoms with Gasteiger partial charge in [0.05, 0.1) is 27.4 Å². The van der Waals surface area contributed by atoms with Gasteiger partial charge in [0, 0.05) is 12.1 Å². The van der Waals surface area contributed by atoms with Gasteiger partial charge in [0.25, 0.3) is 0 Å². The number of thiazole rings is 1. The molecule has 122 valence electrons. The summed E-state index contributed by atoms with van der Waals surface area (Å²) in [7, 11) is 0. The summed E-state index contributed by atoms with van der Waals surface area (Å²) >= 11 is 1.59. The van der Waals surface area contributed by atoms with Gasteiger partial charge >= 0.3 is 6.03 Å². The Balaban J connectivity index is 1.50. The average molecular weight is 339 g/mol. The normalized spacial score (nSPS) is 19.2. The van der Waals surface area contributed by atoms with Gasteiger partial charge in [0.15, 0.2) is 0 Å². The third kappa shape index (κ3) is 2.74. The summed E-state index contributed by atoms with van der Waals surface area (Å²) in [5, 5.41) is 16.9. The topological polar surface area (TPSA) is 74.2 Å². The monoisotopic (exact) mass is 339 g/mol. The number of rotatable bonds is 2. The summed E-state index contributed by atoms with van der Waals surface area (Å²) in [4.78, 5) is 16.7. The highest BCUT2D eigenvalue weighted by molar-refractivity contribution is 7.18. The van der Waals surface area contributed by atoms with E-state index in [1.54, 1.807) is 11.3 Å². The van der Waals surface area contributed by atoms with Crippen LogP contribution in [0.15, 0.2) is 42.5 Å². The number of aromatic nitrogens is 1. The predicted molar refractivity (Wildman–Crippen MR) is 95.4 cm³/mol. The highest BCUT2D eigenvalue weighted by atomic mass is 32.1. The average Bonchev–Trinajstić information content (AvgIpc) is 3.06. The molecule has 0 bridgehead atoms. The van der Waals surface area contributed by atoms with Crippen molar-refractivity contribution in [3.63, 3.8) is 0 Å². The van der Waals surface area contributed by atoms with Gasteiger partial charge in [-0.05, 0) is 36.2 Å². The molecule has 5 nitrogen and oxygen atoms in total. The zero-order valence-electron chi connectivity index (χ0n) is 13.1. The van der Waals surface area contributed by atoms with Crippen molar-refractivity contribution in [1.29, 1.82) is 0 Å². The first kappa shape index (κ1) is 15.1. The van der Waals surface area contributed by atoms with Crippen LogP contribution in [0.3, 0.4) is 0 Å². The van der Waals surface area contributed by atoms with E-state index in [-0.39, 0.29) is 12.1 Å². The minimum Gasteiger partial charge on any atom is -0.390 e. The highest BCUT2D eigenvalue weighted by Crippen LogP contribution is 2.31. The quantitative estimate of drug-likeness (QED) is 0.670. The number of amides is 2. The van der Waals surface area contributed by atoms with Crippen molar-refractivity contribution in [2.45, 2.75) is 25.5 Å². The molecule has 1 aliphatic carbocycles. The van der Waals surface area contributed by atoms with Gasteiger partial charge in [-0.15, -0.1) is 11.3 Å². The van der Waals surface area contributed by atoms with Crippen LogP contribution >= 0.6 is 11.3 Å².